The highest BCUT2D eigenvalue weighted by Crippen LogP contribution is 2.33. The van der Waals surface area contributed by atoms with Crippen LogP contribution in [0.1, 0.15) is 51.5 Å². The van der Waals surface area contributed by atoms with Gasteiger partial charge in [0.2, 0.25) is 5.88 Å². The van der Waals surface area contributed by atoms with Crippen LogP contribution in [0.3, 0.4) is 0 Å². The molecular formula is C29H42N4O2. The molecule has 4 heterocycles. The molecule has 2 aliphatic heterocycles. The summed E-state index contributed by atoms with van der Waals surface area (Å²) in [5.74, 6) is 1.37. The van der Waals surface area contributed by atoms with Crippen LogP contribution in [0, 0.1) is 5.92 Å². The number of hydrogen-bond acceptors (Lipinski definition) is 5. The van der Waals surface area contributed by atoms with Crippen molar-refractivity contribution in [2.75, 3.05) is 52.5 Å². The highest BCUT2D eigenvalue weighted by Gasteiger charge is 2.22. The average Bonchev–Trinajstić information content (AvgIpc) is 3.35. The summed E-state index contributed by atoms with van der Waals surface area (Å²) in [7, 11) is 0. The van der Waals surface area contributed by atoms with E-state index in [1.165, 1.54) is 87.7 Å². The summed E-state index contributed by atoms with van der Waals surface area (Å²) in [4.78, 5) is 10.3. The first-order chi connectivity index (χ1) is 17.2. The first-order valence-electron chi connectivity index (χ1n) is 13.8. The van der Waals surface area contributed by atoms with Crippen LogP contribution in [0.25, 0.3) is 21.7 Å². The van der Waals surface area contributed by atoms with Crippen LogP contribution in [-0.2, 0) is 17.9 Å². The molecule has 0 bridgehead atoms. The highest BCUT2D eigenvalue weighted by molar-refractivity contribution is 6.07. The van der Waals surface area contributed by atoms with Crippen LogP contribution in [0.2, 0.25) is 0 Å². The smallest absolute Gasteiger partial charge is 0.223 e. The fourth-order valence-corrected chi connectivity index (χ4v) is 5.60. The normalized spacial score (nSPS) is 18.6. The Labute approximate surface area is 210 Å². The van der Waals surface area contributed by atoms with Crippen molar-refractivity contribution in [3.05, 3.63) is 36.2 Å². The minimum Gasteiger partial charge on any atom is -0.477 e. The largest absolute Gasteiger partial charge is 0.477 e. The van der Waals surface area contributed by atoms with Gasteiger partial charge in [-0.25, -0.2) is 4.98 Å². The molecule has 6 heteroatoms. The predicted octanol–water partition coefficient (Wildman–Crippen LogP) is 5.32. The number of hydrogen-bond donors (Lipinski definition) is 0. The second kappa shape index (κ2) is 11.7. The number of nitrogens with zero attached hydrogens (tertiary/aromatic N) is 4. The molecule has 0 unspecified atom stereocenters. The second-order valence-electron chi connectivity index (χ2n) is 10.3. The summed E-state index contributed by atoms with van der Waals surface area (Å²) < 4.78 is 14.2. The van der Waals surface area contributed by atoms with Gasteiger partial charge in [-0.15, -0.1) is 0 Å². The van der Waals surface area contributed by atoms with Gasteiger partial charge in [-0.1, -0.05) is 25.5 Å². The molecule has 2 saturated heterocycles. The van der Waals surface area contributed by atoms with Crippen molar-refractivity contribution in [1.82, 2.24) is 19.4 Å². The molecule has 5 rings (SSSR count). The number of pyridine rings is 1. The summed E-state index contributed by atoms with van der Waals surface area (Å²) in [5.41, 5.74) is 2.33. The van der Waals surface area contributed by atoms with E-state index in [0.29, 0.717) is 19.3 Å². The number of aryl methyl sites for hydroxylation is 1. The zero-order valence-electron chi connectivity index (χ0n) is 21.7. The van der Waals surface area contributed by atoms with Gasteiger partial charge in [-0.05, 0) is 82.8 Å². The van der Waals surface area contributed by atoms with Gasteiger partial charge in [0.25, 0.3) is 0 Å². The first kappa shape index (κ1) is 24.5. The molecule has 2 aromatic heterocycles. The van der Waals surface area contributed by atoms with Crippen molar-refractivity contribution >= 4 is 21.7 Å². The molecule has 0 radical (unpaired) electrons. The molecule has 0 aliphatic carbocycles. The summed E-state index contributed by atoms with van der Waals surface area (Å²) >= 11 is 0. The van der Waals surface area contributed by atoms with E-state index in [9.17, 15) is 0 Å². The maximum Gasteiger partial charge on any atom is 0.223 e. The Hall–Kier alpha value is -2.15. The highest BCUT2D eigenvalue weighted by atomic mass is 16.5. The minimum absolute atomic E-state index is 0.551. The predicted molar refractivity (Wildman–Crippen MR) is 143 cm³/mol. The fraction of sp³-hybridized carbons (Fsp3) is 0.621. The lowest BCUT2D eigenvalue weighted by Crippen LogP contribution is -2.41. The Morgan fingerprint density at radius 2 is 1.63 bits per heavy atom. The third-order valence-electron chi connectivity index (χ3n) is 7.88. The molecule has 190 valence electrons. The van der Waals surface area contributed by atoms with E-state index in [1.54, 1.807) is 0 Å². The van der Waals surface area contributed by atoms with Crippen LogP contribution in [0.4, 0.5) is 0 Å². The van der Waals surface area contributed by atoms with Crippen molar-refractivity contribution < 1.29 is 9.47 Å². The van der Waals surface area contributed by atoms with Gasteiger partial charge in [0, 0.05) is 42.9 Å². The lowest BCUT2D eigenvalue weighted by Gasteiger charge is -2.34. The number of aromatic nitrogens is 2. The van der Waals surface area contributed by atoms with Crippen LogP contribution in [0.5, 0.6) is 5.88 Å². The Morgan fingerprint density at radius 3 is 2.37 bits per heavy atom. The summed E-state index contributed by atoms with van der Waals surface area (Å²) in [6.07, 6.45) is 11.9. The molecule has 6 nitrogen and oxygen atoms in total. The van der Waals surface area contributed by atoms with Gasteiger partial charge < -0.3 is 23.8 Å². The van der Waals surface area contributed by atoms with Gasteiger partial charge in [0.05, 0.1) is 17.5 Å². The molecule has 3 aromatic rings. The molecule has 0 atom stereocenters. The Bertz CT molecular complexity index is 1100. The molecular weight excluding hydrogens is 436 g/mol. The SMILES string of the molecule is CCOCn1cc2c(OCC3CCN(CCN4CCCCC4)CC3)nc3cc(CC)ccc3c2c1. The topological polar surface area (TPSA) is 42.8 Å². The van der Waals surface area contributed by atoms with Crippen molar-refractivity contribution in [2.24, 2.45) is 5.92 Å². The lowest BCUT2D eigenvalue weighted by atomic mass is 9.98. The fourth-order valence-electron chi connectivity index (χ4n) is 5.60. The maximum atomic E-state index is 6.46. The van der Waals surface area contributed by atoms with E-state index in [0.717, 1.165) is 29.8 Å². The summed E-state index contributed by atoms with van der Waals surface area (Å²) in [6.45, 7) is 13.6. The van der Waals surface area contributed by atoms with Gasteiger partial charge >= 0.3 is 0 Å². The Balaban J connectivity index is 1.23. The molecule has 0 amide bonds. The Kier molecular flexibility index (Phi) is 8.22. The third kappa shape index (κ3) is 5.99. The van der Waals surface area contributed by atoms with Crippen LogP contribution in [-0.4, -0.2) is 71.8 Å². The second-order valence-corrected chi connectivity index (χ2v) is 10.3. The number of piperidine rings is 2. The number of ether oxygens (including phenoxy) is 2. The molecule has 35 heavy (non-hydrogen) atoms. The monoisotopic (exact) mass is 478 g/mol. The zero-order valence-corrected chi connectivity index (χ0v) is 21.7. The number of benzene rings is 1. The first-order valence-corrected chi connectivity index (χ1v) is 13.8. The standard InChI is InChI=1S/C29H42N4O2/c1-3-23-8-9-25-26-19-33(22-34-4-2)20-27(26)29(30-28(25)18-23)35-21-24-10-14-32(15-11-24)17-16-31-12-6-5-7-13-31/h8-9,18-20,24H,3-7,10-17,21-22H2,1-2H3. The summed E-state index contributed by atoms with van der Waals surface area (Å²) in [5, 5.41) is 3.46. The third-order valence-corrected chi connectivity index (χ3v) is 7.88. The molecule has 0 spiro atoms. The van der Waals surface area contributed by atoms with Gasteiger partial charge in [-0.2, -0.15) is 0 Å². The zero-order chi connectivity index (χ0) is 24.0. The van der Waals surface area contributed by atoms with E-state index >= 15 is 0 Å². The van der Waals surface area contributed by atoms with Crippen LogP contribution < -0.4 is 4.74 Å². The summed E-state index contributed by atoms with van der Waals surface area (Å²) in [6, 6.07) is 6.63. The van der Waals surface area contributed by atoms with E-state index in [2.05, 4.69) is 51.9 Å². The van der Waals surface area contributed by atoms with Gasteiger partial charge in [-0.3, -0.25) is 0 Å². The maximum absolute atomic E-state index is 6.46. The minimum atomic E-state index is 0.551. The van der Waals surface area contributed by atoms with E-state index in [4.69, 9.17) is 14.5 Å². The van der Waals surface area contributed by atoms with Crippen molar-refractivity contribution in [1.29, 1.82) is 0 Å². The van der Waals surface area contributed by atoms with Gasteiger partial charge in [0.15, 0.2) is 0 Å². The molecule has 1 aromatic carbocycles. The molecule has 0 N–H and O–H groups in total. The Morgan fingerprint density at radius 1 is 0.886 bits per heavy atom. The van der Waals surface area contributed by atoms with Crippen molar-refractivity contribution in [3.8, 4) is 5.88 Å². The van der Waals surface area contributed by atoms with Crippen molar-refractivity contribution in [2.45, 2.75) is 59.1 Å². The molecule has 2 aliphatic rings. The molecule has 0 saturated carbocycles. The average molecular weight is 479 g/mol. The number of fused-ring (bicyclic) bond motifs is 3. The van der Waals surface area contributed by atoms with E-state index in [1.807, 2.05) is 6.92 Å². The van der Waals surface area contributed by atoms with Crippen LogP contribution >= 0.6 is 0 Å². The number of likely N-dealkylation sites (tertiary alicyclic amines) is 2. The van der Waals surface area contributed by atoms with Crippen molar-refractivity contribution in [3.63, 3.8) is 0 Å². The number of rotatable bonds is 10. The van der Waals surface area contributed by atoms with E-state index in [-0.39, 0.29) is 0 Å². The van der Waals surface area contributed by atoms with E-state index < -0.39 is 0 Å². The molecule has 2 fully saturated rings. The van der Waals surface area contributed by atoms with Gasteiger partial charge in [0.1, 0.15) is 6.73 Å². The lowest BCUT2D eigenvalue weighted by molar-refractivity contribution is 0.0883. The van der Waals surface area contributed by atoms with Crippen LogP contribution in [0.15, 0.2) is 30.6 Å². The quantitative estimate of drug-likeness (QED) is 0.394.